The van der Waals surface area contributed by atoms with Gasteiger partial charge in [-0.15, -0.1) is 0 Å². The molecule has 2 aromatic rings. The first kappa shape index (κ1) is 14.8. The van der Waals surface area contributed by atoms with Crippen molar-refractivity contribution in [1.29, 1.82) is 0 Å². The SMILES string of the molecule is Cc1cc([C@H]2CCCCCN2C(=O)c2cccc(F)c2)on1. The quantitative estimate of drug-likeness (QED) is 0.845. The molecule has 2 heterocycles. The molecule has 0 saturated carbocycles. The lowest BCUT2D eigenvalue weighted by Gasteiger charge is -2.28. The Balaban J connectivity index is 1.91. The van der Waals surface area contributed by atoms with Crippen molar-refractivity contribution in [3.63, 3.8) is 0 Å². The molecule has 1 saturated heterocycles. The van der Waals surface area contributed by atoms with E-state index in [2.05, 4.69) is 5.16 Å². The van der Waals surface area contributed by atoms with Gasteiger partial charge >= 0.3 is 0 Å². The molecule has 5 heteroatoms. The predicted octanol–water partition coefficient (Wildman–Crippen LogP) is 3.88. The van der Waals surface area contributed by atoms with Gasteiger partial charge in [-0.3, -0.25) is 4.79 Å². The number of carbonyl (C=O) groups is 1. The van der Waals surface area contributed by atoms with Crippen LogP contribution in [0.15, 0.2) is 34.9 Å². The Morgan fingerprint density at radius 1 is 1.32 bits per heavy atom. The standard InChI is InChI=1S/C17H19FN2O2/c1-12-10-16(22-19-12)15-8-3-2-4-9-20(15)17(21)13-6-5-7-14(18)11-13/h5-7,10-11,15H,2-4,8-9H2,1H3/t15-/m1/s1. The number of nitrogens with zero attached hydrogens (tertiary/aromatic N) is 2. The first-order valence-electron chi connectivity index (χ1n) is 7.65. The van der Waals surface area contributed by atoms with Gasteiger partial charge in [0.1, 0.15) is 5.82 Å². The monoisotopic (exact) mass is 302 g/mol. The summed E-state index contributed by atoms with van der Waals surface area (Å²) in [7, 11) is 0. The van der Waals surface area contributed by atoms with Gasteiger partial charge in [-0.25, -0.2) is 4.39 Å². The topological polar surface area (TPSA) is 46.3 Å². The molecule has 1 aliphatic heterocycles. The maximum Gasteiger partial charge on any atom is 0.254 e. The summed E-state index contributed by atoms with van der Waals surface area (Å²) in [5.74, 6) is 0.164. The first-order chi connectivity index (χ1) is 10.6. The Bertz CT molecular complexity index is 668. The number of hydrogen-bond donors (Lipinski definition) is 0. The highest BCUT2D eigenvalue weighted by Gasteiger charge is 2.30. The second kappa shape index (κ2) is 6.30. The molecule has 0 spiro atoms. The van der Waals surface area contributed by atoms with Crippen molar-refractivity contribution >= 4 is 5.91 Å². The van der Waals surface area contributed by atoms with Gasteiger partial charge in [-0.1, -0.05) is 24.1 Å². The average molecular weight is 302 g/mol. The van der Waals surface area contributed by atoms with Gasteiger partial charge in [0, 0.05) is 18.2 Å². The van der Waals surface area contributed by atoms with Gasteiger partial charge in [0.25, 0.3) is 5.91 Å². The van der Waals surface area contributed by atoms with E-state index in [-0.39, 0.29) is 11.9 Å². The molecule has 0 N–H and O–H groups in total. The molecule has 1 aromatic carbocycles. The summed E-state index contributed by atoms with van der Waals surface area (Å²) >= 11 is 0. The molecule has 0 bridgehead atoms. The Labute approximate surface area is 128 Å². The molecular formula is C17H19FN2O2. The summed E-state index contributed by atoms with van der Waals surface area (Å²) in [4.78, 5) is 14.6. The van der Waals surface area contributed by atoms with Crippen molar-refractivity contribution in [3.05, 3.63) is 53.2 Å². The van der Waals surface area contributed by atoms with Crippen LogP contribution in [-0.4, -0.2) is 22.5 Å². The second-order valence-electron chi connectivity index (χ2n) is 5.74. The highest BCUT2D eigenvalue weighted by molar-refractivity contribution is 5.94. The van der Waals surface area contributed by atoms with Crippen LogP contribution in [-0.2, 0) is 0 Å². The zero-order chi connectivity index (χ0) is 15.5. The van der Waals surface area contributed by atoms with Crippen LogP contribution in [0, 0.1) is 12.7 Å². The first-order valence-corrected chi connectivity index (χ1v) is 7.65. The molecule has 1 aromatic heterocycles. The summed E-state index contributed by atoms with van der Waals surface area (Å²) in [6.07, 6.45) is 3.91. The number of amides is 1. The molecule has 0 unspecified atom stereocenters. The summed E-state index contributed by atoms with van der Waals surface area (Å²) < 4.78 is 18.8. The van der Waals surface area contributed by atoms with Crippen molar-refractivity contribution in [2.75, 3.05) is 6.54 Å². The average Bonchev–Trinajstić information content (AvgIpc) is 2.80. The minimum atomic E-state index is -0.396. The highest BCUT2D eigenvalue weighted by Crippen LogP contribution is 2.31. The fourth-order valence-electron chi connectivity index (χ4n) is 2.97. The summed E-state index contributed by atoms with van der Waals surface area (Å²) in [5.41, 5.74) is 1.18. The van der Waals surface area contributed by atoms with Gasteiger partial charge in [-0.2, -0.15) is 0 Å². The Morgan fingerprint density at radius 2 is 2.18 bits per heavy atom. The van der Waals surface area contributed by atoms with Crippen LogP contribution in [0.2, 0.25) is 0 Å². The number of aromatic nitrogens is 1. The van der Waals surface area contributed by atoms with Crippen LogP contribution < -0.4 is 0 Å². The minimum Gasteiger partial charge on any atom is -0.359 e. The minimum absolute atomic E-state index is 0.125. The lowest BCUT2D eigenvalue weighted by atomic mass is 10.1. The van der Waals surface area contributed by atoms with E-state index in [0.717, 1.165) is 31.4 Å². The molecule has 3 rings (SSSR count). The van der Waals surface area contributed by atoms with E-state index in [1.54, 1.807) is 17.0 Å². The van der Waals surface area contributed by atoms with E-state index in [1.165, 1.54) is 12.1 Å². The molecule has 1 amide bonds. The molecule has 0 radical (unpaired) electrons. The zero-order valence-corrected chi connectivity index (χ0v) is 12.6. The van der Waals surface area contributed by atoms with Crippen LogP contribution in [0.25, 0.3) is 0 Å². The van der Waals surface area contributed by atoms with Crippen LogP contribution >= 0.6 is 0 Å². The van der Waals surface area contributed by atoms with Gasteiger partial charge in [-0.05, 0) is 38.0 Å². The van der Waals surface area contributed by atoms with Crippen molar-refractivity contribution < 1.29 is 13.7 Å². The predicted molar refractivity (Wildman–Crippen MR) is 79.9 cm³/mol. The van der Waals surface area contributed by atoms with Crippen LogP contribution in [0.4, 0.5) is 4.39 Å². The van der Waals surface area contributed by atoms with Crippen molar-refractivity contribution in [2.45, 2.75) is 38.6 Å². The van der Waals surface area contributed by atoms with E-state index >= 15 is 0 Å². The third-order valence-corrected chi connectivity index (χ3v) is 4.06. The van der Waals surface area contributed by atoms with Gasteiger partial charge in [0.15, 0.2) is 5.76 Å². The number of rotatable bonds is 2. The Morgan fingerprint density at radius 3 is 2.91 bits per heavy atom. The van der Waals surface area contributed by atoms with E-state index in [9.17, 15) is 9.18 Å². The van der Waals surface area contributed by atoms with E-state index < -0.39 is 5.82 Å². The number of hydrogen-bond acceptors (Lipinski definition) is 3. The lowest BCUT2D eigenvalue weighted by Crippen LogP contribution is -2.34. The summed E-state index contributed by atoms with van der Waals surface area (Å²) in [6.45, 7) is 2.52. The van der Waals surface area contributed by atoms with Gasteiger partial charge in [0.05, 0.1) is 11.7 Å². The summed E-state index contributed by atoms with van der Waals surface area (Å²) in [6, 6.07) is 7.60. The molecule has 1 fully saturated rings. The van der Waals surface area contributed by atoms with Gasteiger partial charge < -0.3 is 9.42 Å². The van der Waals surface area contributed by atoms with Crippen LogP contribution in [0.5, 0.6) is 0 Å². The van der Waals surface area contributed by atoms with Gasteiger partial charge in [0.2, 0.25) is 0 Å². The molecule has 116 valence electrons. The van der Waals surface area contributed by atoms with E-state index in [4.69, 9.17) is 4.52 Å². The maximum atomic E-state index is 13.4. The third kappa shape index (κ3) is 3.03. The zero-order valence-electron chi connectivity index (χ0n) is 12.6. The van der Waals surface area contributed by atoms with Crippen molar-refractivity contribution in [1.82, 2.24) is 10.1 Å². The van der Waals surface area contributed by atoms with Crippen molar-refractivity contribution in [2.24, 2.45) is 0 Å². The Hall–Kier alpha value is -2.17. The van der Waals surface area contributed by atoms with Crippen LogP contribution in [0.3, 0.4) is 0 Å². The Kier molecular flexibility index (Phi) is 4.22. The number of halogens is 1. The molecule has 0 aliphatic carbocycles. The molecule has 1 aliphatic rings. The maximum absolute atomic E-state index is 13.4. The highest BCUT2D eigenvalue weighted by atomic mass is 19.1. The molecule has 1 atom stereocenters. The second-order valence-corrected chi connectivity index (χ2v) is 5.74. The largest absolute Gasteiger partial charge is 0.359 e. The van der Waals surface area contributed by atoms with Crippen LogP contribution in [0.1, 0.15) is 53.5 Å². The number of aryl methyl sites for hydroxylation is 1. The molecule has 4 nitrogen and oxygen atoms in total. The van der Waals surface area contributed by atoms with E-state index in [0.29, 0.717) is 17.9 Å². The summed E-state index contributed by atoms with van der Waals surface area (Å²) in [5, 5.41) is 3.93. The number of carbonyl (C=O) groups excluding carboxylic acids is 1. The number of likely N-dealkylation sites (tertiary alicyclic amines) is 1. The van der Waals surface area contributed by atoms with E-state index in [1.807, 2.05) is 13.0 Å². The fraction of sp³-hybridized carbons (Fsp3) is 0.412. The smallest absolute Gasteiger partial charge is 0.254 e. The normalized spacial score (nSPS) is 19.0. The number of benzene rings is 1. The molecule has 22 heavy (non-hydrogen) atoms. The third-order valence-electron chi connectivity index (χ3n) is 4.06. The fourth-order valence-corrected chi connectivity index (χ4v) is 2.97. The molecular weight excluding hydrogens is 283 g/mol. The van der Waals surface area contributed by atoms with Crippen molar-refractivity contribution in [3.8, 4) is 0 Å². The lowest BCUT2D eigenvalue weighted by molar-refractivity contribution is 0.0650.